The standard InChI is InChI=1S/C35H36FN5O4.ClH/c1-39-14-16-40(17-15-39)13-6-18-44-34-21-30-27(20-33(34)43-2)31(11-12-38-30)45-32-10-9-26(19-29(32)36)28-22-37-24-41(35(28)42)23-25-7-4-3-5-8-25;/h3-5,7-12,19-22,24H,6,13-18,23H2,1-2H3;1H. The van der Waals surface area contributed by atoms with E-state index < -0.39 is 5.82 Å². The number of piperazine rings is 1. The molecule has 1 fully saturated rings. The molecule has 0 amide bonds. The van der Waals surface area contributed by atoms with E-state index in [9.17, 15) is 4.79 Å². The molecule has 5 aromatic rings. The van der Waals surface area contributed by atoms with E-state index in [2.05, 4.69) is 26.8 Å². The molecule has 1 aliphatic heterocycles. The minimum absolute atomic E-state index is 0. The Kier molecular flexibility index (Phi) is 10.8. The SMILES string of the molecule is COc1cc2c(Oc3ccc(-c4cncn(Cc5ccccc5)c4=O)cc3F)ccnc2cc1OCCCN1CCN(C)CC1.[Cl-].[H+]. The quantitative estimate of drug-likeness (QED) is 0.203. The molecule has 6 rings (SSSR count). The van der Waals surface area contributed by atoms with Crippen LogP contribution in [0.25, 0.3) is 22.0 Å². The second-order valence-corrected chi connectivity index (χ2v) is 11.1. The van der Waals surface area contributed by atoms with Crippen molar-refractivity contribution in [2.75, 3.05) is 53.5 Å². The number of nitrogens with zero attached hydrogens (tertiary/aromatic N) is 5. The highest BCUT2D eigenvalue weighted by molar-refractivity contribution is 5.88. The van der Waals surface area contributed by atoms with Gasteiger partial charge in [-0.1, -0.05) is 36.4 Å². The van der Waals surface area contributed by atoms with Gasteiger partial charge in [-0.3, -0.25) is 14.3 Å². The van der Waals surface area contributed by atoms with Crippen LogP contribution in [0.15, 0.2) is 90.2 Å². The Morgan fingerprint density at radius 2 is 1.74 bits per heavy atom. The summed E-state index contributed by atoms with van der Waals surface area (Å²) in [5.74, 6) is 0.959. The number of hydrogen-bond acceptors (Lipinski definition) is 8. The molecule has 2 aromatic heterocycles. The van der Waals surface area contributed by atoms with Crippen molar-refractivity contribution in [2.45, 2.75) is 13.0 Å². The normalized spacial score (nSPS) is 13.7. The molecular weight excluding hydrogens is 609 g/mol. The predicted octanol–water partition coefficient (Wildman–Crippen LogP) is 2.58. The lowest BCUT2D eigenvalue weighted by atomic mass is 10.1. The molecule has 3 heterocycles. The number of ether oxygens (including phenoxy) is 3. The lowest BCUT2D eigenvalue weighted by molar-refractivity contribution is -0.0000108. The average Bonchev–Trinajstić information content (AvgIpc) is 3.06. The number of methoxy groups -OCH3 is 1. The Hall–Kier alpha value is -4.51. The summed E-state index contributed by atoms with van der Waals surface area (Å²) in [4.78, 5) is 26.7. The minimum atomic E-state index is -0.609. The summed E-state index contributed by atoms with van der Waals surface area (Å²) in [5.41, 5.74) is 2.05. The number of halogens is 2. The van der Waals surface area contributed by atoms with Crippen LogP contribution in [0.1, 0.15) is 13.4 Å². The smallest absolute Gasteiger partial charge is 1.00 e. The van der Waals surface area contributed by atoms with Gasteiger partial charge in [0.1, 0.15) is 5.75 Å². The zero-order valence-electron chi connectivity index (χ0n) is 26.9. The molecule has 0 bridgehead atoms. The van der Waals surface area contributed by atoms with Crippen molar-refractivity contribution in [3.05, 3.63) is 107 Å². The van der Waals surface area contributed by atoms with Crippen LogP contribution in [0.4, 0.5) is 4.39 Å². The molecule has 0 saturated carbocycles. The molecule has 46 heavy (non-hydrogen) atoms. The van der Waals surface area contributed by atoms with Crippen LogP contribution >= 0.6 is 0 Å². The van der Waals surface area contributed by atoms with Gasteiger partial charge in [0.2, 0.25) is 0 Å². The third-order valence-electron chi connectivity index (χ3n) is 8.02. The first-order valence-corrected chi connectivity index (χ1v) is 15.0. The summed E-state index contributed by atoms with van der Waals surface area (Å²) in [6, 6.07) is 19.4. The summed E-state index contributed by atoms with van der Waals surface area (Å²) in [7, 11) is 3.73. The Labute approximate surface area is 275 Å². The van der Waals surface area contributed by atoms with Crippen LogP contribution in [0.5, 0.6) is 23.0 Å². The molecule has 0 N–H and O–H groups in total. The van der Waals surface area contributed by atoms with Gasteiger partial charge in [-0.05, 0) is 48.9 Å². The van der Waals surface area contributed by atoms with Crippen molar-refractivity contribution < 1.29 is 32.4 Å². The Balaban J connectivity index is 0.00000250. The van der Waals surface area contributed by atoms with E-state index in [-0.39, 0.29) is 25.1 Å². The number of fused-ring (bicyclic) bond motifs is 1. The third kappa shape index (κ3) is 7.64. The highest BCUT2D eigenvalue weighted by Crippen LogP contribution is 2.38. The van der Waals surface area contributed by atoms with E-state index >= 15 is 4.39 Å². The van der Waals surface area contributed by atoms with Crippen LogP contribution < -0.4 is 32.2 Å². The maximum Gasteiger partial charge on any atom is 1.00 e. The van der Waals surface area contributed by atoms with Gasteiger partial charge >= 0.3 is 1.43 Å². The molecule has 9 nitrogen and oxygen atoms in total. The van der Waals surface area contributed by atoms with Gasteiger partial charge in [0, 0.05) is 56.6 Å². The van der Waals surface area contributed by atoms with Crippen molar-refractivity contribution in [3.63, 3.8) is 0 Å². The van der Waals surface area contributed by atoms with Gasteiger partial charge in [-0.15, -0.1) is 0 Å². The monoisotopic (exact) mass is 645 g/mol. The van der Waals surface area contributed by atoms with E-state index in [1.165, 1.54) is 29.2 Å². The first-order chi connectivity index (χ1) is 22.0. The van der Waals surface area contributed by atoms with E-state index in [4.69, 9.17) is 14.2 Å². The molecule has 1 saturated heterocycles. The van der Waals surface area contributed by atoms with E-state index in [0.29, 0.717) is 52.4 Å². The summed E-state index contributed by atoms with van der Waals surface area (Å²) in [5, 5.41) is 0.652. The molecule has 3 aromatic carbocycles. The molecule has 1 aliphatic rings. The molecular formula is C35H37ClFN5O4. The maximum atomic E-state index is 15.4. The fourth-order valence-electron chi connectivity index (χ4n) is 5.44. The number of rotatable bonds is 11. The summed E-state index contributed by atoms with van der Waals surface area (Å²) < 4.78 is 34.7. The van der Waals surface area contributed by atoms with Gasteiger partial charge in [-0.25, -0.2) is 9.37 Å². The number of likely N-dealkylation sites (N-methyl/N-ethyl adjacent to an activating group) is 1. The van der Waals surface area contributed by atoms with Crippen molar-refractivity contribution in [2.24, 2.45) is 0 Å². The molecule has 0 unspecified atom stereocenters. The van der Waals surface area contributed by atoms with Gasteiger partial charge < -0.3 is 36.4 Å². The van der Waals surface area contributed by atoms with E-state index in [0.717, 1.165) is 44.7 Å². The summed E-state index contributed by atoms with van der Waals surface area (Å²) in [6.45, 7) is 6.22. The summed E-state index contributed by atoms with van der Waals surface area (Å²) >= 11 is 0. The molecule has 0 aliphatic carbocycles. The predicted molar refractivity (Wildman–Crippen MR) is 173 cm³/mol. The highest BCUT2D eigenvalue weighted by atomic mass is 35.5. The largest absolute Gasteiger partial charge is 1.00 e. The lowest BCUT2D eigenvalue weighted by Gasteiger charge is -2.32. The van der Waals surface area contributed by atoms with Gasteiger partial charge in [0.25, 0.3) is 5.56 Å². The maximum absolute atomic E-state index is 15.4. The molecule has 240 valence electrons. The van der Waals surface area contributed by atoms with Crippen LogP contribution in [-0.2, 0) is 6.54 Å². The first kappa shape index (κ1) is 32.9. The van der Waals surface area contributed by atoms with Crippen LogP contribution in [0, 0.1) is 5.82 Å². The molecule has 11 heteroatoms. The van der Waals surface area contributed by atoms with Crippen molar-refractivity contribution in [1.82, 2.24) is 24.3 Å². The average molecular weight is 646 g/mol. The van der Waals surface area contributed by atoms with Crippen LogP contribution in [-0.4, -0.2) is 77.8 Å². The Morgan fingerprint density at radius 1 is 0.935 bits per heavy atom. The zero-order chi connectivity index (χ0) is 31.2. The lowest BCUT2D eigenvalue weighted by Crippen LogP contribution is -3.00. The Morgan fingerprint density at radius 3 is 2.50 bits per heavy atom. The van der Waals surface area contributed by atoms with Gasteiger partial charge in [0.15, 0.2) is 23.1 Å². The third-order valence-corrected chi connectivity index (χ3v) is 8.02. The highest BCUT2D eigenvalue weighted by Gasteiger charge is 2.17. The number of aromatic nitrogens is 3. The fraction of sp³-hybridized carbons (Fsp3) is 0.286. The Bertz CT molecular complexity index is 1840. The molecule has 0 spiro atoms. The zero-order valence-corrected chi connectivity index (χ0v) is 26.6. The molecule has 0 atom stereocenters. The fourth-order valence-corrected chi connectivity index (χ4v) is 5.44. The second kappa shape index (κ2) is 15.2. The summed E-state index contributed by atoms with van der Waals surface area (Å²) in [6.07, 6.45) is 5.45. The topological polar surface area (TPSA) is 82.0 Å². The van der Waals surface area contributed by atoms with Crippen LogP contribution in [0.2, 0.25) is 0 Å². The van der Waals surface area contributed by atoms with E-state index in [1.807, 2.05) is 36.4 Å². The number of benzene rings is 3. The van der Waals surface area contributed by atoms with Crippen molar-refractivity contribution in [3.8, 4) is 34.1 Å². The van der Waals surface area contributed by atoms with Crippen LogP contribution in [0.3, 0.4) is 0 Å². The van der Waals surface area contributed by atoms with Crippen molar-refractivity contribution in [1.29, 1.82) is 0 Å². The van der Waals surface area contributed by atoms with Gasteiger partial charge in [0.05, 0.1) is 37.7 Å². The molecule has 0 radical (unpaired) electrons. The van der Waals surface area contributed by atoms with E-state index in [1.54, 1.807) is 31.5 Å². The minimum Gasteiger partial charge on any atom is -1.00 e. The number of hydrogen-bond donors (Lipinski definition) is 0. The van der Waals surface area contributed by atoms with Gasteiger partial charge in [-0.2, -0.15) is 0 Å². The first-order valence-electron chi connectivity index (χ1n) is 15.0. The second-order valence-electron chi connectivity index (χ2n) is 11.1. The number of pyridine rings is 1. The van der Waals surface area contributed by atoms with Crippen molar-refractivity contribution >= 4 is 10.9 Å².